The van der Waals surface area contributed by atoms with E-state index in [1.165, 1.54) is 13.2 Å². The fourth-order valence-electron chi connectivity index (χ4n) is 7.98. The van der Waals surface area contributed by atoms with Crippen LogP contribution < -0.4 is 15.5 Å². The Morgan fingerprint density at radius 3 is 2.45 bits per heavy atom. The van der Waals surface area contributed by atoms with E-state index in [9.17, 15) is 32.7 Å². The highest BCUT2D eigenvalue weighted by Crippen LogP contribution is 2.64. The highest BCUT2D eigenvalue weighted by Gasteiger charge is 2.70. The van der Waals surface area contributed by atoms with E-state index in [0.29, 0.717) is 39.0 Å². The van der Waals surface area contributed by atoms with Crippen LogP contribution in [0.2, 0.25) is 10.0 Å². The lowest BCUT2D eigenvalue weighted by atomic mass is 9.49. The molecule has 2 saturated heterocycles. The van der Waals surface area contributed by atoms with Gasteiger partial charge in [-0.1, -0.05) is 47.0 Å². The van der Waals surface area contributed by atoms with E-state index in [1.807, 2.05) is 6.08 Å². The summed E-state index contributed by atoms with van der Waals surface area (Å²) in [5.74, 6) is -7.28. The predicted molar refractivity (Wildman–Crippen MR) is 172 cm³/mol. The van der Waals surface area contributed by atoms with Gasteiger partial charge in [-0.15, -0.1) is 0 Å². The van der Waals surface area contributed by atoms with Crippen LogP contribution >= 0.6 is 39.1 Å². The highest BCUT2D eigenvalue weighted by molar-refractivity contribution is 9.10. The molecule has 16 heteroatoms. The molecule has 10 nitrogen and oxygen atoms in total. The Kier molecular flexibility index (Phi) is 7.99. The van der Waals surface area contributed by atoms with Crippen molar-refractivity contribution >= 4 is 68.6 Å². The van der Waals surface area contributed by atoms with Gasteiger partial charge < -0.3 is 9.84 Å². The number of rotatable bonds is 5. The molecule has 0 unspecified atom stereocenters. The number of alkyl halides is 3. The van der Waals surface area contributed by atoms with Gasteiger partial charge in [-0.3, -0.25) is 29.9 Å². The number of imide groups is 2. The minimum Gasteiger partial charge on any atom is -0.503 e. The van der Waals surface area contributed by atoms with Gasteiger partial charge in [0.25, 0.3) is 11.8 Å². The van der Waals surface area contributed by atoms with Crippen LogP contribution in [0.5, 0.6) is 11.5 Å². The number of nitrogens with zero attached hydrogens (tertiary/aromatic N) is 2. The van der Waals surface area contributed by atoms with Crippen LogP contribution in [0, 0.1) is 23.7 Å². The normalized spacial score (nSPS) is 27.7. The molecule has 6 atom stereocenters. The summed E-state index contributed by atoms with van der Waals surface area (Å²) in [5, 5.41) is 13.7. The lowest BCUT2D eigenvalue weighted by Gasteiger charge is -2.50. The Balaban J connectivity index is 1.46. The second-order valence-corrected chi connectivity index (χ2v) is 14.0. The third kappa shape index (κ3) is 5.01. The Hall–Kier alpha value is -4.14. The van der Waals surface area contributed by atoms with Gasteiger partial charge in [0.15, 0.2) is 17.3 Å². The number of allylic oxidation sites excluding steroid dienone is 2. The third-order valence-corrected chi connectivity index (χ3v) is 11.1. The van der Waals surface area contributed by atoms with Crippen molar-refractivity contribution in [1.29, 1.82) is 0 Å². The minimum atomic E-state index is -4.75. The SMILES string of the molecule is COc1cc([C@H]2C3=CC[C@@H]4C(=O)NC(=O)[C@@H]4[C@@H]3C[C@H]3C(=O)N(Nc4ncc(C(F)(F)F)cc4Cl)C(=O)[C@@]23c2ccc(Cl)cc2)cc(Br)c1O. The van der Waals surface area contributed by atoms with Gasteiger partial charge in [0.1, 0.15) is 0 Å². The van der Waals surface area contributed by atoms with Crippen LogP contribution in [0.4, 0.5) is 19.0 Å². The first-order chi connectivity index (χ1) is 23.2. The van der Waals surface area contributed by atoms with Gasteiger partial charge in [0.05, 0.1) is 45.3 Å². The fraction of sp³-hybridized carbons (Fsp3) is 0.303. The van der Waals surface area contributed by atoms with Gasteiger partial charge in [0, 0.05) is 17.1 Å². The largest absolute Gasteiger partial charge is 0.503 e. The number of benzene rings is 2. The van der Waals surface area contributed by atoms with Crippen molar-refractivity contribution in [3.05, 3.63) is 91.5 Å². The Morgan fingerprint density at radius 1 is 1.08 bits per heavy atom. The van der Waals surface area contributed by atoms with Gasteiger partial charge in [-0.25, -0.2) is 4.98 Å². The molecule has 254 valence electrons. The van der Waals surface area contributed by atoms with E-state index >= 15 is 4.79 Å². The Labute approximate surface area is 294 Å². The molecule has 0 radical (unpaired) electrons. The maximum Gasteiger partial charge on any atom is 0.417 e. The summed E-state index contributed by atoms with van der Waals surface area (Å²) < 4.78 is 45.8. The van der Waals surface area contributed by atoms with Crippen LogP contribution in [-0.2, 0) is 30.8 Å². The number of ether oxygens (including phenoxy) is 1. The molecule has 2 aliphatic carbocycles. The summed E-state index contributed by atoms with van der Waals surface area (Å²) in [6.07, 6.45) is -2.22. The molecule has 3 fully saturated rings. The van der Waals surface area contributed by atoms with E-state index < -0.39 is 75.4 Å². The maximum absolute atomic E-state index is 15.1. The second kappa shape index (κ2) is 11.7. The summed E-state index contributed by atoms with van der Waals surface area (Å²) in [5.41, 5.74) is 1.17. The Morgan fingerprint density at radius 2 is 1.80 bits per heavy atom. The average molecular weight is 780 g/mol. The lowest BCUT2D eigenvalue weighted by molar-refractivity contribution is -0.139. The number of anilines is 1. The topological polar surface area (TPSA) is 138 Å². The molecule has 3 N–H and O–H groups in total. The summed E-state index contributed by atoms with van der Waals surface area (Å²) in [6, 6.07) is 10.1. The molecule has 7 rings (SSSR count). The molecule has 2 aliphatic heterocycles. The number of nitrogens with one attached hydrogen (secondary N) is 2. The number of methoxy groups -OCH3 is 1. The standard InChI is InChI=1S/C33H24BrCl2F3N4O6/c1-49-23-9-13(8-21(34)26(23)44)25-17-6-7-18-24(29(46)41-28(18)45)19(17)11-20-30(47)43(31(48)32(20,25)14-2-4-16(35)5-3-14)42-27-22(36)10-15(12-40-27)33(37,38)39/h2-6,8-10,12,18-20,24-25,44H,7,11H2,1H3,(H,40,42)(H,41,45,46)/t18-,19+,20-,24-,25-,32+/m0/s1. The maximum atomic E-state index is 15.1. The van der Waals surface area contributed by atoms with E-state index in [1.54, 1.807) is 30.3 Å². The lowest BCUT2D eigenvalue weighted by Crippen LogP contribution is -2.53. The number of carbonyl (C=O) groups is 4. The van der Waals surface area contributed by atoms with Crippen LogP contribution in [0.3, 0.4) is 0 Å². The zero-order valence-corrected chi connectivity index (χ0v) is 28.2. The summed E-state index contributed by atoms with van der Waals surface area (Å²) >= 11 is 15.8. The van der Waals surface area contributed by atoms with Crippen LogP contribution in [0.1, 0.15) is 35.4 Å². The number of aromatic hydroxyl groups is 1. The smallest absolute Gasteiger partial charge is 0.417 e. The van der Waals surface area contributed by atoms with Crippen molar-refractivity contribution in [2.75, 3.05) is 12.5 Å². The van der Waals surface area contributed by atoms with E-state index in [0.717, 1.165) is 0 Å². The molecule has 1 aromatic heterocycles. The van der Waals surface area contributed by atoms with Gasteiger partial charge >= 0.3 is 6.18 Å². The predicted octanol–water partition coefficient (Wildman–Crippen LogP) is 6.16. The number of hydrogen-bond acceptors (Lipinski definition) is 8. The summed E-state index contributed by atoms with van der Waals surface area (Å²) in [4.78, 5) is 59.5. The molecule has 0 bridgehead atoms. The molecule has 0 spiro atoms. The second-order valence-electron chi connectivity index (χ2n) is 12.3. The monoisotopic (exact) mass is 778 g/mol. The van der Waals surface area contributed by atoms with Crippen LogP contribution in [-0.4, -0.2) is 45.8 Å². The molecule has 2 aromatic carbocycles. The van der Waals surface area contributed by atoms with Crippen molar-refractivity contribution in [3.63, 3.8) is 0 Å². The quantitative estimate of drug-likeness (QED) is 0.207. The first-order valence-electron chi connectivity index (χ1n) is 14.9. The number of aromatic nitrogens is 1. The van der Waals surface area contributed by atoms with Crippen molar-refractivity contribution in [1.82, 2.24) is 15.3 Å². The number of phenols is 1. The average Bonchev–Trinajstić information content (AvgIpc) is 3.46. The van der Waals surface area contributed by atoms with Crippen molar-refractivity contribution in [2.45, 2.75) is 30.4 Å². The molecule has 3 heterocycles. The zero-order chi connectivity index (χ0) is 35.2. The molecule has 1 saturated carbocycles. The summed E-state index contributed by atoms with van der Waals surface area (Å²) in [7, 11) is 1.35. The number of carbonyl (C=O) groups excluding carboxylic acids is 4. The zero-order valence-electron chi connectivity index (χ0n) is 25.1. The minimum absolute atomic E-state index is 0.0276. The van der Waals surface area contributed by atoms with Crippen molar-refractivity contribution < 1.29 is 42.2 Å². The van der Waals surface area contributed by atoms with Gasteiger partial charge in [0.2, 0.25) is 11.8 Å². The highest BCUT2D eigenvalue weighted by atomic mass is 79.9. The first-order valence-corrected chi connectivity index (χ1v) is 16.5. The number of fused-ring (bicyclic) bond motifs is 4. The molecular formula is C33H24BrCl2F3N4O6. The molecular weight excluding hydrogens is 756 g/mol. The molecule has 49 heavy (non-hydrogen) atoms. The van der Waals surface area contributed by atoms with E-state index in [-0.39, 0.29) is 34.6 Å². The van der Waals surface area contributed by atoms with Crippen LogP contribution in [0.25, 0.3) is 0 Å². The molecule has 4 aliphatic rings. The van der Waals surface area contributed by atoms with E-state index in [4.69, 9.17) is 27.9 Å². The van der Waals surface area contributed by atoms with Crippen molar-refractivity contribution in [2.24, 2.45) is 23.7 Å². The van der Waals surface area contributed by atoms with Gasteiger partial charge in [-0.05, 0) is 76.1 Å². The Bertz CT molecular complexity index is 1990. The number of halogens is 6. The van der Waals surface area contributed by atoms with Crippen LogP contribution in [0.15, 0.2) is 64.8 Å². The van der Waals surface area contributed by atoms with Gasteiger partial charge in [-0.2, -0.15) is 18.2 Å². The number of hydrogen-bond donors (Lipinski definition) is 3. The number of amides is 4. The third-order valence-electron chi connectivity index (χ3n) is 10.0. The number of pyridine rings is 1. The fourth-order valence-corrected chi connectivity index (χ4v) is 8.78. The summed E-state index contributed by atoms with van der Waals surface area (Å²) in [6.45, 7) is 0. The number of hydrazine groups is 1. The molecule has 4 amide bonds. The molecule has 3 aromatic rings. The number of phenolic OH excluding ortho intramolecular Hbond substituents is 1. The van der Waals surface area contributed by atoms with E-state index in [2.05, 4.69) is 31.7 Å². The first kappa shape index (κ1) is 33.4. The van der Waals surface area contributed by atoms with Crippen molar-refractivity contribution in [3.8, 4) is 11.5 Å².